The molecule has 16 heavy (non-hydrogen) atoms. The second kappa shape index (κ2) is 7.54. The van der Waals surface area contributed by atoms with Gasteiger partial charge in [0.1, 0.15) is 6.61 Å². The molecule has 5 heteroatoms. The monoisotopic (exact) mass is 249 g/mol. The average Bonchev–Trinajstić information content (AvgIpc) is 2.25. The van der Waals surface area contributed by atoms with Gasteiger partial charge < -0.3 is 10.1 Å². The summed E-state index contributed by atoms with van der Waals surface area (Å²) in [4.78, 5) is 0. The molecule has 1 aromatic rings. The number of hydrogen-bond acceptors (Lipinski definition) is 2. The predicted octanol–water partition coefficient (Wildman–Crippen LogP) is 2.71. The van der Waals surface area contributed by atoms with Crippen LogP contribution in [0.4, 0.5) is 8.78 Å². The van der Waals surface area contributed by atoms with E-state index in [4.69, 9.17) is 16.3 Å². The lowest BCUT2D eigenvalue weighted by Crippen LogP contribution is -2.20. The van der Waals surface area contributed by atoms with Crippen LogP contribution in [-0.2, 0) is 11.3 Å². The Kier molecular flexibility index (Phi) is 6.30. The zero-order valence-corrected chi connectivity index (χ0v) is 9.51. The van der Waals surface area contributed by atoms with Gasteiger partial charge >= 0.3 is 0 Å². The summed E-state index contributed by atoms with van der Waals surface area (Å²) in [5.41, 5.74) is 0.984. The summed E-state index contributed by atoms with van der Waals surface area (Å²) in [6.45, 7) is 0.901. The predicted molar refractivity (Wildman–Crippen MR) is 60.0 cm³/mol. The van der Waals surface area contributed by atoms with Gasteiger partial charge in [0.05, 0.1) is 6.61 Å². The van der Waals surface area contributed by atoms with Crippen LogP contribution in [0.25, 0.3) is 0 Å². The first-order valence-corrected chi connectivity index (χ1v) is 5.38. The zero-order chi connectivity index (χ0) is 11.8. The molecular formula is C11H14ClF2NO. The van der Waals surface area contributed by atoms with Crippen LogP contribution < -0.4 is 5.32 Å². The highest BCUT2D eigenvalue weighted by Crippen LogP contribution is 2.13. The van der Waals surface area contributed by atoms with Gasteiger partial charge in [-0.15, -0.1) is 0 Å². The number of hydrogen-bond donors (Lipinski definition) is 1. The topological polar surface area (TPSA) is 21.3 Å². The molecule has 0 amide bonds. The molecular weight excluding hydrogens is 236 g/mol. The van der Waals surface area contributed by atoms with Gasteiger partial charge in [-0.25, -0.2) is 8.78 Å². The quantitative estimate of drug-likeness (QED) is 0.751. The van der Waals surface area contributed by atoms with Crippen LogP contribution in [0.5, 0.6) is 0 Å². The fourth-order valence-electron chi connectivity index (χ4n) is 1.18. The summed E-state index contributed by atoms with van der Waals surface area (Å²) in [6.07, 6.45) is -2.40. The Morgan fingerprint density at radius 2 is 2.06 bits per heavy atom. The van der Waals surface area contributed by atoms with Gasteiger partial charge in [-0.05, 0) is 11.6 Å². The van der Waals surface area contributed by atoms with Crippen LogP contribution in [0.1, 0.15) is 5.56 Å². The molecule has 0 spiro atoms. The molecule has 0 fully saturated rings. The van der Waals surface area contributed by atoms with Crippen molar-refractivity contribution in [3.05, 3.63) is 34.9 Å². The zero-order valence-electron chi connectivity index (χ0n) is 8.76. The van der Waals surface area contributed by atoms with E-state index in [1.165, 1.54) is 0 Å². The van der Waals surface area contributed by atoms with Gasteiger partial charge in [-0.3, -0.25) is 0 Å². The molecule has 0 atom stereocenters. The third-order valence-corrected chi connectivity index (χ3v) is 2.31. The van der Waals surface area contributed by atoms with E-state index in [1.807, 2.05) is 24.3 Å². The second-order valence-electron chi connectivity index (χ2n) is 3.23. The summed E-state index contributed by atoms with van der Waals surface area (Å²) in [5.74, 6) is 0. The third-order valence-electron chi connectivity index (χ3n) is 1.94. The smallest absolute Gasteiger partial charge is 0.261 e. The summed E-state index contributed by atoms with van der Waals surface area (Å²) >= 11 is 5.94. The van der Waals surface area contributed by atoms with E-state index < -0.39 is 13.0 Å². The second-order valence-corrected chi connectivity index (χ2v) is 3.64. The molecule has 0 aliphatic carbocycles. The number of rotatable bonds is 7. The van der Waals surface area contributed by atoms with E-state index in [0.717, 1.165) is 5.56 Å². The first-order chi connectivity index (χ1) is 7.70. The molecule has 0 aliphatic heterocycles. The summed E-state index contributed by atoms with van der Waals surface area (Å²) in [7, 11) is 0. The van der Waals surface area contributed by atoms with Crippen molar-refractivity contribution in [3.63, 3.8) is 0 Å². The minimum atomic E-state index is -2.40. The van der Waals surface area contributed by atoms with Gasteiger partial charge in [-0.2, -0.15) is 0 Å². The average molecular weight is 250 g/mol. The highest BCUT2D eigenvalue weighted by atomic mass is 35.5. The van der Waals surface area contributed by atoms with Crippen LogP contribution in [0.2, 0.25) is 5.02 Å². The molecule has 0 heterocycles. The summed E-state index contributed by atoms with van der Waals surface area (Å²) in [5, 5.41) is 3.76. The van der Waals surface area contributed by atoms with E-state index in [0.29, 0.717) is 18.1 Å². The van der Waals surface area contributed by atoms with Gasteiger partial charge in [0.25, 0.3) is 6.43 Å². The Labute approximate surface area is 98.6 Å². The lowest BCUT2D eigenvalue weighted by atomic mass is 10.2. The van der Waals surface area contributed by atoms with E-state index in [2.05, 4.69) is 5.32 Å². The molecule has 1 N–H and O–H groups in total. The van der Waals surface area contributed by atoms with Crippen LogP contribution >= 0.6 is 11.6 Å². The Morgan fingerprint density at radius 3 is 2.75 bits per heavy atom. The fourth-order valence-corrected chi connectivity index (χ4v) is 1.38. The fraction of sp³-hybridized carbons (Fsp3) is 0.455. The number of halogens is 3. The highest BCUT2D eigenvalue weighted by Gasteiger charge is 2.01. The van der Waals surface area contributed by atoms with Crippen molar-refractivity contribution in [1.82, 2.24) is 5.32 Å². The van der Waals surface area contributed by atoms with Crippen LogP contribution in [0.3, 0.4) is 0 Å². The van der Waals surface area contributed by atoms with Crippen molar-refractivity contribution in [2.24, 2.45) is 0 Å². The van der Waals surface area contributed by atoms with Gasteiger partial charge in [0.2, 0.25) is 0 Å². The molecule has 0 aliphatic rings. The summed E-state index contributed by atoms with van der Waals surface area (Å²) < 4.78 is 28.1. The highest BCUT2D eigenvalue weighted by molar-refractivity contribution is 6.31. The normalized spacial score (nSPS) is 11.0. The maximum atomic E-state index is 11.7. The van der Waals surface area contributed by atoms with Crippen LogP contribution in [0.15, 0.2) is 24.3 Å². The van der Waals surface area contributed by atoms with E-state index in [1.54, 1.807) is 0 Å². The molecule has 1 aromatic carbocycles. The molecule has 0 saturated carbocycles. The van der Waals surface area contributed by atoms with Crippen molar-refractivity contribution < 1.29 is 13.5 Å². The molecule has 0 unspecified atom stereocenters. The first-order valence-electron chi connectivity index (χ1n) is 5.00. The van der Waals surface area contributed by atoms with Crippen molar-refractivity contribution in [2.45, 2.75) is 13.0 Å². The third kappa shape index (κ3) is 5.39. The van der Waals surface area contributed by atoms with Crippen molar-refractivity contribution >= 4 is 11.6 Å². The van der Waals surface area contributed by atoms with Crippen molar-refractivity contribution in [2.75, 3.05) is 19.8 Å². The SMILES string of the molecule is FC(F)COCCNCc1ccccc1Cl. The van der Waals surface area contributed by atoms with Gasteiger partial charge in [0, 0.05) is 18.1 Å². The molecule has 0 saturated heterocycles. The first kappa shape index (κ1) is 13.4. The number of alkyl halides is 2. The Bertz CT molecular complexity index is 310. The van der Waals surface area contributed by atoms with Crippen LogP contribution in [0, 0.1) is 0 Å². The summed E-state index contributed by atoms with van der Waals surface area (Å²) in [6, 6.07) is 7.48. The molecule has 0 radical (unpaired) electrons. The maximum Gasteiger partial charge on any atom is 0.261 e. The van der Waals surface area contributed by atoms with E-state index in [9.17, 15) is 8.78 Å². The largest absolute Gasteiger partial charge is 0.374 e. The van der Waals surface area contributed by atoms with Gasteiger partial charge in [-0.1, -0.05) is 29.8 Å². The van der Waals surface area contributed by atoms with Crippen molar-refractivity contribution in [1.29, 1.82) is 0 Å². The number of benzene rings is 1. The Morgan fingerprint density at radius 1 is 1.31 bits per heavy atom. The minimum absolute atomic E-state index is 0.273. The van der Waals surface area contributed by atoms with Crippen LogP contribution in [-0.4, -0.2) is 26.2 Å². The molecule has 1 rings (SSSR count). The number of ether oxygens (including phenoxy) is 1. The molecule has 0 aromatic heterocycles. The van der Waals surface area contributed by atoms with E-state index >= 15 is 0 Å². The number of nitrogens with one attached hydrogen (secondary N) is 1. The standard InChI is InChI=1S/C11H14ClF2NO/c12-10-4-2-1-3-9(10)7-15-5-6-16-8-11(13)14/h1-4,11,15H,5-8H2. The van der Waals surface area contributed by atoms with E-state index in [-0.39, 0.29) is 6.61 Å². The molecule has 0 bridgehead atoms. The lowest BCUT2D eigenvalue weighted by molar-refractivity contribution is 0.0187. The molecule has 90 valence electrons. The lowest BCUT2D eigenvalue weighted by Gasteiger charge is -2.07. The minimum Gasteiger partial charge on any atom is -0.374 e. The maximum absolute atomic E-state index is 11.7. The Balaban J connectivity index is 2.10. The Hall–Kier alpha value is -0.710. The van der Waals surface area contributed by atoms with Crippen molar-refractivity contribution in [3.8, 4) is 0 Å². The molecule has 2 nitrogen and oxygen atoms in total. The van der Waals surface area contributed by atoms with Gasteiger partial charge in [0.15, 0.2) is 0 Å².